The maximum Gasteiger partial charge on any atom is 0.401 e. The van der Waals surface area contributed by atoms with Crippen LogP contribution >= 0.6 is 12.4 Å². The van der Waals surface area contributed by atoms with Crippen molar-refractivity contribution < 1.29 is 23.0 Å². The molecule has 3 nitrogen and oxygen atoms in total. The van der Waals surface area contributed by atoms with Gasteiger partial charge in [-0.1, -0.05) is 0 Å². The Labute approximate surface area is 128 Å². The van der Waals surface area contributed by atoms with Crippen molar-refractivity contribution in [3.05, 3.63) is 24.3 Å². The maximum atomic E-state index is 12.4. The Bertz CT molecular complexity index is 425. The lowest BCUT2D eigenvalue weighted by Gasteiger charge is -2.32. The van der Waals surface area contributed by atoms with E-state index in [0.717, 1.165) is 12.8 Å². The first-order valence-electron chi connectivity index (χ1n) is 6.63. The van der Waals surface area contributed by atoms with Gasteiger partial charge in [0.2, 0.25) is 0 Å². The number of nitrogens with zero attached hydrogens (tertiary/aromatic N) is 1. The third-order valence-electron chi connectivity index (χ3n) is 3.33. The Hall–Kier alpha value is -1.14. The van der Waals surface area contributed by atoms with Crippen molar-refractivity contribution in [1.82, 2.24) is 4.90 Å². The molecule has 0 radical (unpaired) electrons. The van der Waals surface area contributed by atoms with Crippen molar-refractivity contribution in [1.29, 1.82) is 0 Å². The zero-order valence-corrected chi connectivity index (χ0v) is 12.3. The molecule has 2 rings (SSSR count). The van der Waals surface area contributed by atoms with E-state index in [0.29, 0.717) is 25.4 Å². The zero-order chi connectivity index (χ0) is 14.6. The molecule has 0 aromatic heterocycles. The summed E-state index contributed by atoms with van der Waals surface area (Å²) in [6.07, 6.45) is -2.49. The van der Waals surface area contributed by atoms with Gasteiger partial charge in [0.25, 0.3) is 0 Å². The van der Waals surface area contributed by atoms with Gasteiger partial charge in [-0.3, -0.25) is 4.90 Å². The Kier molecular flexibility index (Phi) is 6.61. The lowest BCUT2D eigenvalue weighted by atomic mass is 9.99. The smallest absolute Gasteiger partial charge is 0.401 e. The Balaban J connectivity index is 0.00000220. The molecule has 1 aliphatic heterocycles. The van der Waals surface area contributed by atoms with Gasteiger partial charge in [-0.05, 0) is 43.7 Å². The average molecular weight is 326 g/mol. The fourth-order valence-corrected chi connectivity index (χ4v) is 2.44. The van der Waals surface area contributed by atoms with Gasteiger partial charge >= 0.3 is 6.18 Å². The molecule has 1 aromatic rings. The van der Waals surface area contributed by atoms with Crippen LogP contribution in [0.25, 0.3) is 0 Å². The van der Waals surface area contributed by atoms with Crippen LogP contribution in [0.4, 0.5) is 13.2 Å². The average Bonchev–Trinajstić information content (AvgIpc) is 2.36. The summed E-state index contributed by atoms with van der Waals surface area (Å²) >= 11 is 0. The summed E-state index contributed by atoms with van der Waals surface area (Å²) in [6.45, 7) is 0.467. The molecule has 1 N–H and O–H groups in total. The number of hydrogen-bond donors (Lipinski definition) is 1. The Morgan fingerprint density at radius 1 is 1.24 bits per heavy atom. The molecule has 1 aromatic carbocycles. The molecule has 7 heteroatoms. The highest BCUT2D eigenvalue weighted by atomic mass is 35.5. The fourth-order valence-electron chi connectivity index (χ4n) is 2.44. The second kappa shape index (κ2) is 7.75. The van der Waals surface area contributed by atoms with Crippen molar-refractivity contribution in [3.63, 3.8) is 0 Å². The van der Waals surface area contributed by atoms with Crippen LogP contribution in [0.5, 0.6) is 11.5 Å². The maximum absolute atomic E-state index is 12.4. The van der Waals surface area contributed by atoms with Crippen LogP contribution in [0.15, 0.2) is 24.3 Å². The Morgan fingerprint density at radius 2 is 1.90 bits per heavy atom. The van der Waals surface area contributed by atoms with E-state index >= 15 is 0 Å². The molecule has 1 atom stereocenters. The highest BCUT2D eigenvalue weighted by molar-refractivity contribution is 5.85. The van der Waals surface area contributed by atoms with Crippen molar-refractivity contribution in [2.24, 2.45) is 5.92 Å². The van der Waals surface area contributed by atoms with Crippen LogP contribution in [-0.4, -0.2) is 42.4 Å². The van der Waals surface area contributed by atoms with Gasteiger partial charge in [0.1, 0.15) is 11.5 Å². The lowest BCUT2D eigenvalue weighted by molar-refractivity contribution is -0.149. The molecular formula is C14H19ClF3NO2. The van der Waals surface area contributed by atoms with Crippen molar-refractivity contribution in [2.75, 3.05) is 26.2 Å². The third kappa shape index (κ3) is 6.44. The normalized spacial score (nSPS) is 19.9. The van der Waals surface area contributed by atoms with Gasteiger partial charge in [0.05, 0.1) is 13.2 Å². The molecule has 0 bridgehead atoms. The van der Waals surface area contributed by atoms with E-state index < -0.39 is 12.7 Å². The molecule has 21 heavy (non-hydrogen) atoms. The van der Waals surface area contributed by atoms with Gasteiger partial charge in [0.15, 0.2) is 0 Å². The van der Waals surface area contributed by atoms with Crippen LogP contribution in [-0.2, 0) is 0 Å². The van der Waals surface area contributed by atoms with Gasteiger partial charge in [-0.2, -0.15) is 13.2 Å². The van der Waals surface area contributed by atoms with Crippen LogP contribution in [0, 0.1) is 5.92 Å². The molecule has 0 spiro atoms. The molecule has 1 fully saturated rings. The predicted octanol–water partition coefficient (Wildman–Crippen LogP) is 3.47. The SMILES string of the molecule is Cl.Oc1ccc(OCC2CCCN(CC(F)(F)F)C2)cc1. The number of aromatic hydroxyl groups is 1. The topological polar surface area (TPSA) is 32.7 Å². The van der Waals surface area contributed by atoms with E-state index in [1.165, 1.54) is 17.0 Å². The summed E-state index contributed by atoms with van der Waals surface area (Å²) in [5.41, 5.74) is 0. The quantitative estimate of drug-likeness (QED) is 0.920. The van der Waals surface area contributed by atoms with Gasteiger partial charge in [-0.15, -0.1) is 12.4 Å². The molecule has 1 heterocycles. The predicted molar refractivity (Wildman–Crippen MR) is 76.1 cm³/mol. The van der Waals surface area contributed by atoms with Crippen LogP contribution in [0.2, 0.25) is 0 Å². The molecule has 0 aliphatic carbocycles. The zero-order valence-electron chi connectivity index (χ0n) is 11.5. The number of rotatable bonds is 4. The summed E-state index contributed by atoms with van der Waals surface area (Å²) in [5, 5.41) is 9.15. The standard InChI is InChI=1S/C14H18F3NO2.ClH/c15-14(16,17)10-18-7-1-2-11(8-18)9-20-13-5-3-12(19)4-6-13;/h3-6,11,19H,1-2,7-10H2;1H. The van der Waals surface area contributed by atoms with Crippen LogP contribution in [0.1, 0.15) is 12.8 Å². The number of halogens is 4. The van der Waals surface area contributed by atoms with Gasteiger partial charge in [-0.25, -0.2) is 0 Å². The first kappa shape index (κ1) is 17.9. The summed E-state index contributed by atoms with van der Waals surface area (Å²) in [5.74, 6) is 0.891. The fraction of sp³-hybridized carbons (Fsp3) is 0.571. The number of alkyl halides is 3. The van der Waals surface area contributed by atoms with Crippen LogP contribution < -0.4 is 4.74 Å². The van der Waals surface area contributed by atoms with Crippen molar-refractivity contribution in [3.8, 4) is 11.5 Å². The highest BCUT2D eigenvalue weighted by Crippen LogP contribution is 2.23. The molecule has 120 valence electrons. The largest absolute Gasteiger partial charge is 0.508 e. The minimum absolute atomic E-state index is 0. The first-order valence-corrected chi connectivity index (χ1v) is 6.63. The number of phenols is 1. The minimum atomic E-state index is -4.14. The number of ether oxygens (including phenoxy) is 1. The first-order chi connectivity index (χ1) is 9.42. The summed E-state index contributed by atoms with van der Waals surface area (Å²) in [4.78, 5) is 1.44. The van der Waals surface area contributed by atoms with Crippen molar-refractivity contribution in [2.45, 2.75) is 19.0 Å². The van der Waals surface area contributed by atoms with E-state index in [2.05, 4.69) is 0 Å². The molecule has 1 unspecified atom stereocenters. The van der Waals surface area contributed by atoms with E-state index in [4.69, 9.17) is 9.84 Å². The Morgan fingerprint density at radius 3 is 2.52 bits per heavy atom. The summed E-state index contributed by atoms with van der Waals surface area (Å²) in [7, 11) is 0. The van der Waals surface area contributed by atoms with Gasteiger partial charge in [0, 0.05) is 12.5 Å². The highest BCUT2D eigenvalue weighted by Gasteiger charge is 2.33. The summed E-state index contributed by atoms with van der Waals surface area (Å²) in [6, 6.07) is 6.33. The number of piperidine rings is 1. The molecule has 1 aliphatic rings. The molecule has 1 saturated heterocycles. The molecule has 0 amide bonds. The van der Waals surface area contributed by atoms with E-state index in [9.17, 15) is 13.2 Å². The second-order valence-electron chi connectivity index (χ2n) is 5.16. The number of phenolic OH excluding ortho intramolecular Hbond substituents is 1. The monoisotopic (exact) mass is 325 g/mol. The van der Waals surface area contributed by atoms with Crippen LogP contribution in [0.3, 0.4) is 0 Å². The number of hydrogen-bond acceptors (Lipinski definition) is 3. The minimum Gasteiger partial charge on any atom is -0.508 e. The van der Waals surface area contributed by atoms with E-state index in [-0.39, 0.29) is 24.1 Å². The third-order valence-corrected chi connectivity index (χ3v) is 3.33. The van der Waals surface area contributed by atoms with E-state index in [1.807, 2.05) is 0 Å². The number of benzene rings is 1. The van der Waals surface area contributed by atoms with Gasteiger partial charge < -0.3 is 9.84 Å². The summed E-state index contributed by atoms with van der Waals surface area (Å²) < 4.78 is 42.6. The van der Waals surface area contributed by atoms with Crippen molar-refractivity contribution >= 4 is 12.4 Å². The molecule has 0 saturated carbocycles. The lowest BCUT2D eigenvalue weighted by Crippen LogP contribution is -2.42. The van der Waals surface area contributed by atoms with E-state index in [1.54, 1.807) is 12.1 Å². The second-order valence-corrected chi connectivity index (χ2v) is 5.16. The molecular weight excluding hydrogens is 307 g/mol. The number of likely N-dealkylation sites (tertiary alicyclic amines) is 1.